The molecule has 7 heteroatoms. The van der Waals surface area contributed by atoms with Crippen molar-refractivity contribution in [1.82, 2.24) is 10.2 Å². The zero-order valence-electron chi connectivity index (χ0n) is 12.5. The SMILES string of the molecule is CC(C)N(C(=O)CSCCC(NC=O)C(=O)O)C(C)C. The van der Waals surface area contributed by atoms with E-state index in [0.29, 0.717) is 24.3 Å². The minimum absolute atomic E-state index is 0.0511. The molecule has 2 amide bonds. The van der Waals surface area contributed by atoms with E-state index < -0.39 is 12.0 Å². The number of thioether (sulfide) groups is 1. The Balaban J connectivity index is 4.13. The van der Waals surface area contributed by atoms with Crippen molar-refractivity contribution in [3.8, 4) is 0 Å². The van der Waals surface area contributed by atoms with E-state index in [9.17, 15) is 14.4 Å². The summed E-state index contributed by atoms with van der Waals surface area (Å²) in [5.41, 5.74) is 0. The average Bonchev–Trinajstić information content (AvgIpc) is 2.31. The van der Waals surface area contributed by atoms with Crippen LogP contribution in [0.4, 0.5) is 0 Å². The molecule has 1 unspecified atom stereocenters. The number of nitrogens with zero attached hydrogens (tertiary/aromatic N) is 1. The quantitative estimate of drug-likeness (QED) is 0.463. The maximum atomic E-state index is 12.0. The maximum Gasteiger partial charge on any atom is 0.326 e. The fourth-order valence-electron chi connectivity index (χ4n) is 1.97. The molecular weight excluding hydrogens is 280 g/mol. The zero-order chi connectivity index (χ0) is 15.7. The summed E-state index contributed by atoms with van der Waals surface area (Å²) >= 11 is 1.39. The van der Waals surface area contributed by atoms with Crippen molar-refractivity contribution in [2.75, 3.05) is 11.5 Å². The second-order valence-corrected chi connectivity index (χ2v) is 6.11. The Kier molecular flexibility index (Phi) is 9.03. The second kappa shape index (κ2) is 9.63. The zero-order valence-corrected chi connectivity index (χ0v) is 13.3. The van der Waals surface area contributed by atoms with E-state index in [-0.39, 0.29) is 18.0 Å². The fraction of sp³-hybridized carbons (Fsp3) is 0.769. The highest BCUT2D eigenvalue weighted by Gasteiger charge is 2.20. The third kappa shape index (κ3) is 6.79. The smallest absolute Gasteiger partial charge is 0.326 e. The van der Waals surface area contributed by atoms with Crippen LogP contribution in [0.15, 0.2) is 0 Å². The fourth-order valence-corrected chi connectivity index (χ4v) is 2.84. The van der Waals surface area contributed by atoms with Crippen LogP contribution in [0.5, 0.6) is 0 Å². The van der Waals surface area contributed by atoms with Gasteiger partial charge in [0.25, 0.3) is 0 Å². The van der Waals surface area contributed by atoms with Crippen LogP contribution in [0.25, 0.3) is 0 Å². The number of carbonyl (C=O) groups is 3. The van der Waals surface area contributed by atoms with Gasteiger partial charge >= 0.3 is 5.97 Å². The van der Waals surface area contributed by atoms with Crippen molar-refractivity contribution in [2.24, 2.45) is 0 Å². The molecule has 0 rings (SSSR count). The summed E-state index contributed by atoms with van der Waals surface area (Å²) < 4.78 is 0. The number of carbonyl (C=O) groups excluding carboxylic acids is 2. The molecule has 0 aromatic rings. The largest absolute Gasteiger partial charge is 0.480 e. The molecule has 0 saturated heterocycles. The number of carboxylic acids is 1. The second-order valence-electron chi connectivity index (χ2n) is 5.01. The van der Waals surface area contributed by atoms with Gasteiger partial charge in [-0.1, -0.05) is 0 Å². The first-order chi connectivity index (χ1) is 9.31. The molecule has 6 nitrogen and oxygen atoms in total. The molecule has 0 aromatic carbocycles. The molecule has 0 aromatic heterocycles. The number of carboxylic acid groups (broad SMARTS) is 1. The predicted molar refractivity (Wildman–Crippen MR) is 79.7 cm³/mol. The van der Waals surface area contributed by atoms with Crippen molar-refractivity contribution in [3.05, 3.63) is 0 Å². The van der Waals surface area contributed by atoms with Crippen LogP contribution in [0.3, 0.4) is 0 Å². The predicted octanol–water partition coefficient (Wildman–Crippen LogP) is 0.954. The van der Waals surface area contributed by atoms with E-state index in [2.05, 4.69) is 5.32 Å². The third-order valence-electron chi connectivity index (χ3n) is 2.74. The Morgan fingerprint density at radius 1 is 1.25 bits per heavy atom. The van der Waals surface area contributed by atoms with E-state index in [1.54, 1.807) is 0 Å². The standard InChI is InChI=1S/C13H24N2O4S/c1-9(2)15(10(3)4)12(17)7-20-6-5-11(13(18)19)14-8-16/h8-11H,5-7H2,1-4H3,(H,14,16)(H,18,19). The van der Waals surface area contributed by atoms with Gasteiger partial charge in [0.2, 0.25) is 12.3 Å². The molecule has 0 aliphatic rings. The summed E-state index contributed by atoms with van der Waals surface area (Å²) in [7, 11) is 0. The van der Waals surface area contributed by atoms with Crippen LogP contribution in [-0.2, 0) is 14.4 Å². The molecule has 0 radical (unpaired) electrons. The lowest BCUT2D eigenvalue weighted by molar-refractivity contribution is -0.140. The van der Waals surface area contributed by atoms with E-state index in [0.717, 1.165) is 0 Å². The minimum Gasteiger partial charge on any atom is -0.480 e. The Morgan fingerprint density at radius 2 is 1.80 bits per heavy atom. The van der Waals surface area contributed by atoms with Crippen LogP contribution in [-0.4, -0.2) is 57.9 Å². The summed E-state index contributed by atoms with van der Waals surface area (Å²) in [5.74, 6) is -0.178. The Labute approximate surface area is 124 Å². The molecule has 0 aliphatic heterocycles. The van der Waals surface area contributed by atoms with Crippen LogP contribution in [0, 0.1) is 0 Å². The average molecular weight is 304 g/mol. The third-order valence-corrected chi connectivity index (χ3v) is 3.72. The minimum atomic E-state index is -1.06. The van der Waals surface area contributed by atoms with Crippen LogP contribution in [0.2, 0.25) is 0 Å². The summed E-state index contributed by atoms with van der Waals surface area (Å²) in [6, 6.07) is -0.598. The monoisotopic (exact) mass is 304 g/mol. The Bertz CT molecular complexity index is 326. The van der Waals surface area contributed by atoms with Crippen LogP contribution in [0.1, 0.15) is 34.1 Å². The van der Waals surface area contributed by atoms with Gasteiger partial charge in [-0.3, -0.25) is 9.59 Å². The van der Waals surface area contributed by atoms with Crippen molar-refractivity contribution in [3.63, 3.8) is 0 Å². The van der Waals surface area contributed by atoms with Crippen LogP contribution < -0.4 is 5.32 Å². The Morgan fingerprint density at radius 3 is 2.20 bits per heavy atom. The highest BCUT2D eigenvalue weighted by Crippen LogP contribution is 2.11. The highest BCUT2D eigenvalue weighted by molar-refractivity contribution is 7.99. The molecule has 0 bridgehead atoms. The topological polar surface area (TPSA) is 86.7 Å². The van der Waals surface area contributed by atoms with Gasteiger partial charge in [0.1, 0.15) is 6.04 Å². The van der Waals surface area contributed by atoms with Gasteiger partial charge in [0, 0.05) is 12.1 Å². The molecule has 20 heavy (non-hydrogen) atoms. The van der Waals surface area contributed by atoms with Gasteiger partial charge < -0.3 is 15.3 Å². The summed E-state index contributed by atoms with van der Waals surface area (Å²) in [6.07, 6.45) is 0.684. The number of hydrogen-bond donors (Lipinski definition) is 2. The normalized spacial score (nSPS) is 12.3. The highest BCUT2D eigenvalue weighted by atomic mass is 32.2. The van der Waals surface area contributed by atoms with Gasteiger partial charge in [0.15, 0.2) is 0 Å². The van der Waals surface area contributed by atoms with E-state index in [1.165, 1.54) is 11.8 Å². The number of rotatable bonds is 10. The molecule has 0 fully saturated rings. The first-order valence-corrected chi connectivity index (χ1v) is 7.78. The molecule has 0 saturated carbocycles. The molecule has 2 N–H and O–H groups in total. The lowest BCUT2D eigenvalue weighted by Crippen LogP contribution is -2.43. The van der Waals surface area contributed by atoms with Crippen LogP contribution >= 0.6 is 11.8 Å². The van der Waals surface area contributed by atoms with Crippen molar-refractivity contribution in [1.29, 1.82) is 0 Å². The summed E-state index contributed by atoms with van der Waals surface area (Å²) in [6.45, 7) is 7.88. The van der Waals surface area contributed by atoms with Gasteiger partial charge in [-0.15, -0.1) is 0 Å². The van der Waals surface area contributed by atoms with Crippen molar-refractivity contribution in [2.45, 2.75) is 52.2 Å². The molecule has 0 aliphatic carbocycles. The van der Waals surface area contributed by atoms with Crippen molar-refractivity contribution < 1.29 is 19.5 Å². The van der Waals surface area contributed by atoms with E-state index >= 15 is 0 Å². The number of nitrogens with one attached hydrogen (secondary N) is 1. The molecule has 0 spiro atoms. The van der Waals surface area contributed by atoms with Gasteiger partial charge in [-0.25, -0.2) is 4.79 Å². The number of amides is 2. The Hall–Kier alpha value is -1.24. The molecule has 116 valence electrons. The van der Waals surface area contributed by atoms with Gasteiger partial charge in [0.05, 0.1) is 5.75 Å². The molecule has 0 heterocycles. The summed E-state index contributed by atoms with van der Waals surface area (Å²) in [4.78, 5) is 34.9. The first kappa shape index (κ1) is 18.8. The summed E-state index contributed by atoms with van der Waals surface area (Å²) in [5, 5.41) is 11.1. The lowest BCUT2D eigenvalue weighted by atomic mass is 10.2. The molecular formula is C13H24N2O4S. The number of aliphatic carboxylic acids is 1. The number of hydrogen-bond acceptors (Lipinski definition) is 4. The van der Waals surface area contributed by atoms with Gasteiger partial charge in [-0.2, -0.15) is 11.8 Å². The van der Waals surface area contributed by atoms with Crippen molar-refractivity contribution >= 4 is 30.0 Å². The molecule has 1 atom stereocenters. The van der Waals surface area contributed by atoms with E-state index in [4.69, 9.17) is 5.11 Å². The lowest BCUT2D eigenvalue weighted by Gasteiger charge is -2.30. The maximum absolute atomic E-state index is 12.0. The van der Waals surface area contributed by atoms with Gasteiger partial charge in [-0.05, 0) is 39.9 Å². The van der Waals surface area contributed by atoms with E-state index in [1.807, 2.05) is 32.6 Å². The first-order valence-electron chi connectivity index (χ1n) is 6.62.